The highest BCUT2D eigenvalue weighted by atomic mass is 16.2. The number of rotatable bonds is 4. The number of imide groups is 2. The molecule has 0 aliphatic heterocycles. The Bertz CT molecular complexity index is 708. The Balaban J connectivity index is 3.11. The monoisotopic (exact) mass is 388 g/mol. The molecule has 0 saturated heterocycles. The zero-order valence-electron chi connectivity index (χ0n) is 18.3. The highest BCUT2D eigenvalue weighted by Crippen LogP contribution is 2.22. The van der Waals surface area contributed by atoms with Gasteiger partial charge in [-0.25, -0.2) is 0 Å². The summed E-state index contributed by atoms with van der Waals surface area (Å²) < 4.78 is 0. The van der Waals surface area contributed by atoms with Crippen molar-refractivity contribution in [3.05, 3.63) is 35.4 Å². The molecule has 1 rings (SSSR count). The van der Waals surface area contributed by atoms with Gasteiger partial charge in [-0.3, -0.25) is 29.0 Å². The van der Waals surface area contributed by atoms with E-state index in [0.29, 0.717) is 0 Å². The maximum Gasteiger partial charge on any atom is 0.234 e. The van der Waals surface area contributed by atoms with Crippen molar-refractivity contribution in [3.8, 4) is 0 Å². The van der Waals surface area contributed by atoms with E-state index in [1.807, 2.05) is 18.2 Å². The minimum absolute atomic E-state index is 0.145. The molecule has 0 unspecified atom stereocenters. The van der Waals surface area contributed by atoms with Crippen LogP contribution in [0.15, 0.2) is 24.3 Å². The zero-order valence-corrected chi connectivity index (χ0v) is 18.3. The van der Waals surface area contributed by atoms with Gasteiger partial charge < -0.3 is 0 Å². The summed E-state index contributed by atoms with van der Waals surface area (Å²) in [6.45, 7) is 13.6. The number of amides is 4. The van der Waals surface area contributed by atoms with Crippen LogP contribution in [0.2, 0.25) is 0 Å². The van der Waals surface area contributed by atoms with Gasteiger partial charge in [-0.2, -0.15) is 0 Å². The summed E-state index contributed by atoms with van der Waals surface area (Å²) in [7, 11) is 0. The van der Waals surface area contributed by atoms with Crippen molar-refractivity contribution in [3.63, 3.8) is 0 Å². The van der Waals surface area contributed by atoms with Crippen LogP contribution in [0, 0.1) is 10.8 Å². The maximum atomic E-state index is 12.6. The van der Waals surface area contributed by atoms with E-state index >= 15 is 0 Å². The van der Waals surface area contributed by atoms with Crippen molar-refractivity contribution in [1.29, 1.82) is 0 Å². The molecule has 6 nitrogen and oxygen atoms in total. The van der Waals surface area contributed by atoms with Crippen LogP contribution in [0.3, 0.4) is 0 Å². The third kappa shape index (κ3) is 6.29. The van der Waals surface area contributed by atoms with Crippen LogP contribution in [0.1, 0.15) is 66.5 Å². The van der Waals surface area contributed by atoms with Crippen molar-refractivity contribution < 1.29 is 19.2 Å². The summed E-state index contributed by atoms with van der Waals surface area (Å²) in [5.41, 5.74) is 0.177. The van der Waals surface area contributed by atoms with E-state index in [1.54, 1.807) is 47.6 Å². The minimum Gasteiger partial charge on any atom is -0.278 e. The first-order chi connectivity index (χ1) is 12.6. The molecule has 0 spiro atoms. The van der Waals surface area contributed by atoms with E-state index in [0.717, 1.165) is 11.1 Å². The number of benzene rings is 1. The number of nitrogens with zero attached hydrogens (tertiary/aromatic N) is 2. The highest BCUT2D eigenvalue weighted by Gasteiger charge is 2.31. The quantitative estimate of drug-likeness (QED) is 0.791. The summed E-state index contributed by atoms with van der Waals surface area (Å²) in [4.78, 5) is 51.6. The van der Waals surface area contributed by atoms with Crippen LogP contribution in [-0.2, 0) is 32.3 Å². The smallest absolute Gasteiger partial charge is 0.234 e. The lowest BCUT2D eigenvalue weighted by Crippen LogP contribution is -2.42. The molecule has 1 aromatic carbocycles. The molecule has 0 aromatic heterocycles. The molecule has 4 amide bonds. The fourth-order valence-electron chi connectivity index (χ4n) is 2.65. The Morgan fingerprint density at radius 2 is 1.04 bits per heavy atom. The third-order valence-corrected chi connectivity index (χ3v) is 4.21. The topological polar surface area (TPSA) is 74.8 Å². The lowest BCUT2D eigenvalue weighted by molar-refractivity contribution is -0.151. The first-order valence-electron chi connectivity index (χ1n) is 9.37. The summed E-state index contributed by atoms with van der Waals surface area (Å²) in [6, 6.07) is 7.25. The Labute approximate surface area is 167 Å². The number of carbonyl (C=O) groups excluding carboxylic acids is 4. The Kier molecular flexibility index (Phi) is 7.29. The van der Waals surface area contributed by atoms with E-state index < -0.39 is 10.8 Å². The van der Waals surface area contributed by atoms with Gasteiger partial charge in [0.25, 0.3) is 0 Å². The maximum absolute atomic E-state index is 12.6. The molecule has 28 heavy (non-hydrogen) atoms. The van der Waals surface area contributed by atoms with Gasteiger partial charge >= 0.3 is 0 Å². The van der Waals surface area contributed by atoms with Crippen LogP contribution in [0.4, 0.5) is 0 Å². The number of hydrogen-bond acceptors (Lipinski definition) is 4. The van der Waals surface area contributed by atoms with Crippen LogP contribution in [0.5, 0.6) is 0 Å². The van der Waals surface area contributed by atoms with Crippen molar-refractivity contribution in [2.45, 2.75) is 68.5 Å². The van der Waals surface area contributed by atoms with Crippen molar-refractivity contribution in [2.75, 3.05) is 0 Å². The predicted octanol–water partition coefficient (Wildman–Crippen LogP) is 3.53. The molecule has 0 radical (unpaired) electrons. The molecule has 0 aliphatic carbocycles. The predicted molar refractivity (Wildman–Crippen MR) is 108 cm³/mol. The normalized spacial score (nSPS) is 11.7. The first kappa shape index (κ1) is 23.5. The number of hydrogen-bond donors (Lipinski definition) is 0. The molecule has 0 atom stereocenters. The zero-order chi connectivity index (χ0) is 21.9. The Hall–Kier alpha value is -2.50. The van der Waals surface area contributed by atoms with Crippen LogP contribution >= 0.6 is 0 Å². The molecular weight excluding hydrogens is 356 g/mol. The highest BCUT2D eigenvalue weighted by molar-refractivity contribution is 5.97. The van der Waals surface area contributed by atoms with Crippen molar-refractivity contribution in [1.82, 2.24) is 9.80 Å². The lowest BCUT2D eigenvalue weighted by Gasteiger charge is -2.28. The molecule has 6 heteroatoms. The first-order valence-corrected chi connectivity index (χ1v) is 9.37. The largest absolute Gasteiger partial charge is 0.278 e. The lowest BCUT2D eigenvalue weighted by atomic mass is 9.94. The molecule has 1 aromatic rings. The second-order valence-electron chi connectivity index (χ2n) is 9.14. The Morgan fingerprint density at radius 3 is 1.29 bits per heavy atom. The summed E-state index contributed by atoms with van der Waals surface area (Å²) in [5.74, 6) is -1.14. The average Bonchev–Trinajstić information content (AvgIpc) is 2.54. The van der Waals surface area contributed by atoms with Crippen molar-refractivity contribution >= 4 is 23.6 Å². The van der Waals surface area contributed by atoms with Gasteiger partial charge in [-0.1, -0.05) is 65.8 Å². The number of carbonyl (C=O) groups is 4. The molecular formula is C22H32N2O4. The van der Waals surface area contributed by atoms with Gasteiger partial charge in [0, 0.05) is 24.7 Å². The van der Waals surface area contributed by atoms with Crippen LogP contribution < -0.4 is 0 Å². The molecule has 154 valence electrons. The fraction of sp³-hybridized carbons (Fsp3) is 0.545. The summed E-state index contributed by atoms with van der Waals surface area (Å²) in [6.07, 6.45) is 0. The van der Waals surface area contributed by atoms with Gasteiger partial charge in [0.15, 0.2) is 0 Å². The van der Waals surface area contributed by atoms with E-state index in [4.69, 9.17) is 0 Å². The molecule has 0 N–H and O–H groups in total. The second-order valence-corrected chi connectivity index (χ2v) is 9.14. The average molecular weight is 389 g/mol. The molecule has 0 aliphatic rings. The van der Waals surface area contributed by atoms with Crippen LogP contribution in [-0.4, -0.2) is 33.4 Å². The van der Waals surface area contributed by atoms with Crippen LogP contribution in [0.25, 0.3) is 0 Å². The molecule has 0 bridgehead atoms. The SMILES string of the molecule is CC(=O)N(Cc1cccc(CN(C(C)=O)C(=O)C(C)(C)C)c1)C(=O)C(C)(C)C. The molecule has 0 saturated carbocycles. The van der Waals surface area contributed by atoms with Gasteiger partial charge in [0.1, 0.15) is 0 Å². The minimum atomic E-state index is -0.673. The second kappa shape index (κ2) is 8.67. The van der Waals surface area contributed by atoms with E-state index in [9.17, 15) is 19.2 Å². The summed E-state index contributed by atoms with van der Waals surface area (Å²) in [5, 5.41) is 0. The van der Waals surface area contributed by atoms with Gasteiger partial charge in [-0.05, 0) is 11.1 Å². The van der Waals surface area contributed by atoms with Crippen molar-refractivity contribution in [2.24, 2.45) is 10.8 Å². The van der Waals surface area contributed by atoms with Gasteiger partial charge in [0.05, 0.1) is 13.1 Å². The van der Waals surface area contributed by atoms with E-state index in [1.165, 1.54) is 23.6 Å². The standard InChI is InChI=1S/C22H32N2O4/c1-15(25)23(19(27)21(3,4)5)13-17-10-9-11-18(12-17)14-24(16(2)26)20(28)22(6,7)8/h9-12H,13-14H2,1-8H3. The Morgan fingerprint density at radius 1 is 0.714 bits per heavy atom. The molecule has 0 fully saturated rings. The molecule has 0 heterocycles. The third-order valence-electron chi connectivity index (χ3n) is 4.21. The van der Waals surface area contributed by atoms with Gasteiger partial charge in [-0.15, -0.1) is 0 Å². The van der Waals surface area contributed by atoms with E-state index in [-0.39, 0.29) is 36.7 Å². The van der Waals surface area contributed by atoms with Gasteiger partial charge in [0.2, 0.25) is 23.6 Å². The summed E-state index contributed by atoms with van der Waals surface area (Å²) >= 11 is 0. The van der Waals surface area contributed by atoms with E-state index in [2.05, 4.69) is 0 Å². The fourth-order valence-corrected chi connectivity index (χ4v) is 2.65.